The predicted octanol–water partition coefficient (Wildman–Crippen LogP) is 2.22. The van der Waals surface area contributed by atoms with Gasteiger partial charge in [0.2, 0.25) is 0 Å². The zero-order chi connectivity index (χ0) is 14.5. The lowest BCUT2D eigenvalue weighted by atomic mass is 9.78. The number of rotatable bonds is 6. The molecule has 0 aliphatic heterocycles. The summed E-state index contributed by atoms with van der Waals surface area (Å²) in [5.74, 6) is -0.359. The summed E-state index contributed by atoms with van der Waals surface area (Å²) in [5, 5.41) is 0. The second-order valence-electron chi connectivity index (χ2n) is 5.29. The number of esters is 1. The van der Waals surface area contributed by atoms with Crippen LogP contribution in [0.4, 0.5) is 0 Å². The molecule has 1 aromatic carbocycles. The average Bonchev–Trinajstić information content (AvgIpc) is 2.35. The molecule has 0 saturated carbocycles. The summed E-state index contributed by atoms with van der Waals surface area (Å²) < 4.78 is 9.98. The molecule has 0 fully saturated rings. The second kappa shape index (κ2) is 6.68. The molecule has 0 aromatic heterocycles. The Bertz CT molecular complexity index is 424. The summed E-state index contributed by atoms with van der Waals surface area (Å²) in [7, 11) is 3.05. The van der Waals surface area contributed by atoms with Crippen molar-refractivity contribution < 1.29 is 14.3 Å². The quantitative estimate of drug-likeness (QED) is 0.801. The van der Waals surface area contributed by atoms with Gasteiger partial charge in [-0.2, -0.15) is 0 Å². The fraction of sp³-hybridized carbons (Fsp3) is 0.533. The van der Waals surface area contributed by atoms with Crippen molar-refractivity contribution in [2.24, 2.45) is 5.73 Å². The molecule has 0 radical (unpaired) electrons. The van der Waals surface area contributed by atoms with E-state index in [2.05, 4.69) is 0 Å². The molecule has 1 aromatic rings. The highest BCUT2D eigenvalue weighted by molar-refractivity contribution is 5.70. The van der Waals surface area contributed by atoms with Crippen LogP contribution < -0.4 is 5.73 Å². The molecule has 4 heteroatoms. The standard InChI is InChI=1S/C15H23NO3/c1-15(2,16)13(9-14(17)19-4)12-8-6-5-7-11(12)10-18-3/h5-8,13H,9-10,16H2,1-4H3. The van der Waals surface area contributed by atoms with Crippen LogP contribution in [0.1, 0.15) is 37.3 Å². The maximum absolute atomic E-state index is 11.6. The van der Waals surface area contributed by atoms with Crippen LogP contribution in [0.2, 0.25) is 0 Å². The third kappa shape index (κ3) is 4.33. The number of benzene rings is 1. The van der Waals surface area contributed by atoms with Crippen LogP contribution in [-0.4, -0.2) is 25.7 Å². The van der Waals surface area contributed by atoms with Gasteiger partial charge in [0.1, 0.15) is 0 Å². The summed E-state index contributed by atoms with van der Waals surface area (Å²) in [6.07, 6.45) is 0.265. The fourth-order valence-electron chi connectivity index (χ4n) is 2.18. The van der Waals surface area contributed by atoms with Gasteiger partial charge in [-0.05, 0) is 25.0 Å². The van der Waals surface area contributed by atoms with Gasteiger partial charge in [0, 0.05) is 18.6 Å². The van der Waals surface area contributed by atoms with Gasteiger partial charge < -0.3 is 15.2 Å². The first kappa shape index (κ1) is 15.7. The topological polar surface area (TPSA) is 61.5 Å². The van der Waals surface area contributed by atoms with Gasteiger partial charge in [-0.3, -0.25) is 4.79 Å². The van der Waals surface area contributed by atoms with E-state index in [4.69, 9.17) is 15.2 Å². The van der Waals surface area contributed by atoms with E-state index in [1.807, 2.05) is 38.1 Å². The SMILES string of the molecule is COCc1ccccc1C(CC(=O)OC)C(C)(C)N. The van der Waals surface area contributed by atoms with Crippen LogP contribution in [0, 0.1) is 0 Å². The zero-order valence-corrected chi connectivity index (χ0v) is 12.1. The van der Waals surface area contributed by atoms with Crippen molar-refractivity contribution in [2.45, 2.75) is 38.3 Å². The molecule has 0 bridgehead atoms. The average molecular weight is 265 g/mol. The summed E-state index contributed by atoms with van der Waals surface area (Å²) in [5.41, 5.74) is 7.81. The summed E-state index contributed by atoms with van der Waals surface area (Å²) in [6.45, 7) is 4.35. The monoisotopic (exact) mass is 265 g/mol. The molecule has 0 aliphatic rings. The highest BCUT2D eigenvalue weighted by Crippen LogP contribution is 2.32. The van der Waals surface area contributed by atoms with Crippen molar-refractivity contribution in [2.75, 3.05) is 14.2 Å². The number of nitrogens with two attached hydrogens (primary N) is 1. The Balaban J connectivity index is 3.14. The van der Waals surface area contributed by atoms with Gasteiger partial charge in [-0.1, -0.05) is 24.3 Å². The molecule has 0 aliphatic carbocycles. The van der Waals surface area contributed by atoms with Crippen molar-refractivity contribution in [1.29, 1.82) is 0 Å². The van der Waals surface area contributed by atoms with Crippen LogP contribution in [0.3, 0.4) is 0 Å². The minimum atomic E-state index is -0.516. The molecule has 1 atom stereocenters. The van der Waals surface area contributed by atoms with Crippen LogP contribution in [0.25, 0.3) is 0 Å². The van der Waals surface area contributed by atoms with Gasteiger partial charge in [0.25, 0.3) is 0 Å². The van der Waals surface area contributed by atoms with Crippen LogP contribution in [-0.2, 0) is 20.9 Å². The van der Waals surface area contributed by atoms with Gasteiger partial charge in [0.05, 0.1) is 20.1 Å². The van der Waals surface area contributed by atoms with E-state index in [-0.39, 0.29) is 18.3 Å². The minimum Gasteiger partial charge on any atom is -0.469 e. The normalized spacial score (nSPS) is 13.1. The molecule has 1 unspecified atom stereocenters. The van der Waals surface area contributed by atoms with Gasteiger partial charge >= 0.3 is 5.97 Å². The third-order valence-electron chi connectivity index (χ3n) is 3.23. The second-order valence-corrected chi connectivity index (χ2v) is 5.29. The minimum absolute atomic E-state index is 0.105. The molecule has 2 N–H and O–H groups in total. The lowest BCUT2D eigenvalue weighted by Gasteiger charge is -2.31. The largest absolute Gasteiger partial charge is 0.469 e. The van der Waals surface area contributed by atoms with E-state index in [1.54, 1.807) is 7.11 Å². The third-order valence-corrected chi connectivity index (χ3v) is 3.23. The van der Waals surface area contributed by atoms with Crippen molar-refractivity contribution in [3.8, 4) is 0 Å². The highest BCUT2D eigenvalue weighted by Gasteiger charge is 2.30. The molecule has 106 valence electrons. The first-order valence-corrected chi connectivity index (χ1v) is 6.32. The smallest absolute Gasteiger partial charge is 0.306 e. The highest BCUT2D eigenvalue weighted by atomic mass is 16.5. The number of hydrogen-bond donors (Lipinski definition) is 1. The fourth-order valence-corrected chi connectivity index (χ4v) is 2.18. The number of ether oxygens (including phenoxy) is 2. The van der Waals surface area contributed by atoms with E-state index in [9.17, 15) is 4.79 Å². The van der Waals surface area contributed by atoms with Crippen molar-refractivity contribution in [3.05, 3.63) is 35.4 Å². The molecule has 1 rings (SSSR count). The molecule has 0 amide bonds. The summed E-state index contributed by atoms with van der Waals surface area (Å²) >= 11 is 0. The maximum Gasteiger partial charge on any atom is 0.306 e. The van der Waals surface area contributed by atoms with E-state index in [0.29, 0.717) is 6.61 Å². The van der Waals surface area contributed by atoms with E-state index < -0.39 is 5.54 Å². The predicted molar refractivity (Wildman–Crippen MR) is 74.8 cm³/mol. The van der Waals surface area contributed by atoms with E-state index in [0.717, 1.165) is 11.1 Å². The van der Waals surface area contributed by atoms with Crippen LogP contribution >= 0.6 is 0 Å². The van der Waals surface area contributed by atoms with Crippen molar-refractivity contribution in [1.82, 2.24) is 0 Å². The molecule has 0 saturated heterocycles. The molecular weight excluding hydrogens is 242 g/mol. The van der Waals surface area contributed by atoms with Crippen LogP contribution in [0.15, 0.2) is 24.3 Å². The number of carbonyl (C=O) groups is 1. The number of carbonyl (C=O) groups excluding carboxylic acids is 1. The Hall–Kier alpha value is -1.39. The Kier molecular flexibility index (Phi) is 5.51. The Morgan fingerprint density at radius 3 is 2.47 bits per heavy atom. The summed E-state index contributed by atoms with van der Waals surface area (Å²) in [6, 6.07) is 7.90. The number of hydrogen-bond acceptors (Lipinski definition) is 4. The maximum atomic E-state index is 11.6. The molecule has 0 spiro atoms. The van der Waals surface area contributed by atoms with Crippen molar-refractivity contribution in [3.63, 3.8) is 0 Å². The van der Waals surface area contributed by atoms with Crippen LogP contribution in [0.5, 0.6) is 0 Å². The first-order valence-electron chi connectivity index (χ1n) is 6.32. The molecule has 0 heterocycles. The zero-order valence-electron chi connectivity index (χ0n) is 12.1. The van der Waals surface area contributed by atoms with E-state index >= 15 is 0 Å². The molecular formula is C15H23NO3. The Morgan fingerprint density at radius 2 is 1.95 bits per heavy atom. The summed E-state index contributed by atoms with van der Waals surface area (Å²) in [4.78, 5) is 11.6. The lowest BCUT2D eigenvalue weighted by molar-refractivity contribution is -0.141. The number of methoxy groups -OCH3 is 2. The Labute approximate surface area is 114 Å². The lowest BCUT2D eigenvalue weighted by Crippen LogP contribution is -2.41. The van der Waals surface area contributed by atoms with Gasteiger partial charge in [-0.15, -0.1) is 0 Å². The van der Waals surface area contributed by atoms with Crippen molar-refractivity contribution >= 4 is 5.97 Å². The van der Waals surface area contributed by atoms with E-state index in [1.165, 1.54) is 7.11 Å². The first-order chi connectivity index (χ1) is 8.90. The molecule has 19 heavy (non-hydrogen) atoms. The molecule has 4 nitrogen and oxygen atoms in total. The van der Waals surface area contributed by atoms with Gasteiger partial charge in [-0.25, -0.2) is 0 Å². The van der Waals surface area contributed by atoms with Gasteiger partial charge in [0.15, 0.2) is 0 Å². The Morgan fingerprint density at radius 1 is 1.32 bits per heavy atom.